The third kappa shape index (κ3) is 3.11. The molecule has 0 radical (unpaired) electrons. The highest BCUT2D eigenvalue weighted by molar-refractivity contribution is 5.66. The van der Waals surface area contributed by atoms with Crippen molar-refractivity contribution in [3.8, 4) is 0 Å². The third-order valence-corrected chi connectivity index (χ3v) is 2.90. The van der Waals surface area contributed by atoms with E-state index in [-0.39, 0.29) is 5.82 Å². The Balaban J connectivity index is 2.75. The molecule has 2 atom stereocenters. The number of nitrogen functional groups attached to an aromatic ring is 1. The van der Waals surface area contributed by atoms with Gasteiger partial charge in [-0.1, -0.05) is 20.3 Å². The van der Waals surface area contributed by atoms with Crippen molar-refractivity contribution in [2.24, 2.45) is 5.92 Å². The van der Waals surface area contributed by atoms with Gasteiger partial charge in [-0.25, -0.2) is 4.39 Å². The van der Waals surface area contributed by atoms with Crippen LogP contribution in [0.25, 0.3) is 0 Å². The van der Waals surface area contributed by atoms with Crippen LogP contribution in [0.2, 0.25) is 0 Å². The zero-order valence-corrected chi connectivity index (χ0v) is 9.55. The van der Waals surface area contributed by atoms with Crippen LogP contribution in [0.4, 0.5) is 15.8 Å². The molecular formula is C12H19FN2. The lowest BCUT2D eigenvalue weighted by atomic mass is 10.0. The number of halogens is 1. The van der Waals surface area contributed by atoms with Crippen LogP contribution in [0.3, 0.4) is 0 Å². The van der Waals surface area contributed by atoms with Crippen LogP contribution in [0.5, 0.6) is 0 Å². The van der Waals surface area contributed by atoms with Gasteiger partial charge in [0.05, 0.1) is 11.4 Å². The molecule has 1 aromatic rings. The molecule has 0 saturated carbocycles. The van der Waals surface area contributed by atoms with Crippen molar-refractivity contribution in [1.82, 2.24) is 0 Å². The number of hydrogen-bond acceptors (Lipinski definition) is 2. The second kappa shape index (κ2) is 5.01. The minimum atomic E-state index is -0.261. The molecule has 0 aliphatic carbocycles. The summed E-state index contributed by atoms with van der Waals surface area (Å²) in [5, 5.41) is 3.24. The highest BCUT2D eigenvalue weighted by Crippen LogP contribution is 2.22. The molecule has 0 aliphatic rings. The Hall–Kier alpha value is -1.25. The van der Waals surface area contributed by atoms with Gasteiger partial charge in [-0.15, -0.1) is 0 Å². The lowest BCUT2D eigenvalue weighted by Gasteiger charge is -2.22. The number of hydrogen-bond donors (Lipinski definition) is 2. The van der Waals surface area contributed by atoms with Gasteiger partial charge in [-0.2, -0.15) is 0 Å². The highest BCUT2D eigenvalue weighted by Gasteiger charge is 2.11. The van der Waals surface area contributed by atoms with Crippen LogP contribution < -0.4 is 11.1 Å². The van der Waals surface area contributed by atoms with Crippen LogP contribution in [0.1, 0.15) is 27.2 Å². The van der Waals surface area contributed by atoms with Crippen LogP contribution in [-0.2, 0) is 0 Å². The smallest absolute Gasteiger partial charge is 0.125 e. The Bertz CT molecular complexity index is 325. The molecule has 0 heterocycles. The van der Waals surface area contributed by atoms with Crippen molar-refractivity contribution in [3.05, 3.63) is 24.0 Å². The van der Waals surface area contributed by atoms with Crippen molar-refractivity contribution in [2.45, 2.75) is 33.2 Å². The summed E-state index contributed by atoms with van der Waals surface area (Å²) in [7, 11) is 0. The van der Waals surface area contributed by atoms with E-state index in [0.717, 1.165) is 6.42 Å². The van der Waals surface area contributed by atoms with E-state index in [1.54, 1.807) is 6.07 Å². The first kappa shape index (κ1) is 11.8. The fraction of sp³-hybridized carbons (Fsp3) is 0.500. The maximum Gasteiger partial charge on any atom is 0.125 e. The van der Waals surface area contributed by atoms with Crippen molar-refractivity contribution < 1.29 is 4.39 Å². The predicted octanol–water partition coefficient (Wildman–Crippen LogP) is 3.25. The molecule has 3 N–H and O–H groups in total. The second-order valence-electron chi connectivity index (χ2n) is 4.05. The van der Waals surface area contributed by atoms with E-state index in [0.29, 0.717) is 23.3 Å². The Labute approximate surface area is 90.7 Å². The quantitative estimate of drug-likeness (QED) is 0.749. The van der Waals surface area contributed by atoms with Gasteiger partial charge in [-0.3, -0.25) is 0 Å². The molecule has 1 aromatic carbocycles. The fourth-order valence-corrected chi connectivity index (χ4v) is 1.39. The van der Waals surface area contributed by atoms with Crippen LogP contribution in [0, 0.1) is 11.7 Å². The summed E-state index contributed by atoms with van der Waals surface area (Å²) in [5.41, 5.74) is 7.02. The van der Waals surface area contributed by atoms with E-state index < -0.39 is 0 Å². The van der Waals surface area contributed by atoms with Crippen LogP contribution >= 0.6 is 0 Å². The van der Waals surface area contributed by atoms with Gasteiger partial charge < -0.3 is 11.1 Å². The number of rotatable bonds is 4. The molecular weight excluding hydrogens is 191 g/mol. The van der Waals surface area contributed by atoms with Crippen LogP contribution in [0.15, 0.2) is 18.2 Å². The van der Waals surface area contributed by atoms with Gasteiger partial charge in [0.2, 0.25) is 0 Å². The summed E-state index contributed by atoms with van der Waals surface area (Å²) in [6, 6.07) is 4.68. The number of nitrogens with two attached hydrogens (primary N) is 1. The minimum Gasteiger partial charge on any atom is -0.397 e. The fourth-order valence-electron chi connectivity index (χ4n) is 1.39. The molecule has 84 valence electrons. The first-order valence-electron chi connectivity index (χ1n) is 5.36. The molecule has 0 fully saturated rings. The van der Waals surface area contributed by atoms with E-state index in [4.69, 9.17) is 5.73 Å². The van der Waals surface area contributed by atoms with E-state index in [1.807, 2.05) is 0 Å². The third-order valence-electron chi connectivity index (χ3n) is 2.90. The summed E-state index contributed by atoms with van der Waals surface area (Å²) < 4.78 is 13.0. The summed E-state index contributed by atoms with van der Waals surface area (Å²) >= 11 is 0. The van der Waals surface area contributed by atoms with Crippen molar-refractivity contribution in [1.29, 1.82) is 0 Å². The molecule has 2 unspecified atom stereocenters. The molecule has 0 spiro atoms. The SMILES string of the molecule is CCC(C)C(C)Nc1cc(F)ccc1N. The summed E-state index contributed by atoms with van der Waals surface area (Å²) in [6.45, 7) is 6.38. The average Bonchev–Trinajstić information content (AvgIpc) is 2.22. The first-order chi connectivity index (χ1) is 7.04. The average molecular weight is 210 g/mol. The number of benzene rings is 1. The predicted molar refractivity (Wildman–Crippen MR) is 63.4 cm³/mol. The van der Waals surface area contributed by atoms with Gasteiger partial charge in [0.1, 0.15) is 5.82 Å². The zero-order valence-electron chi connectivity index (χ0n) is 9.55. The van der Waals surface area contributed by atoms with Crippen molar-refractivity contribution in [2.75, 3.05) is 11.1 Å². The lowest BCUT2D eigenvalue weighted by molar-refractivity contribution is 0.494. The first-order valence-corrected chi connectivity index (χ1v) is 5.36. The number of nitrogens with one attached hydrogen (secondary N) is 1. The summed E-state index contributed by atoms with van der Waals surface area (Å²) in [4.78, 5) is 0. The van der Waals surface area contributed by atoms with Gasteiger partial charge in [0, 0.05) is 6.04 Å². The van der Waals surface area contributed by atoms with Gasteiger partial charge in [-0.05, 0) is 31.0 Å². The molecule has 0 saturated heterocycles. The van der Waals surface area contributed by atoms with Crippen molar-refractivity contribution >= 4 is 11.4 Å². The molecule has 2 nitrogen and oxygen atoms in total. The topological polar surface area (TPSA) is 38.0 Å². The molecule has 3 heteroatoms. The van der Waals surface area contributed by atoms with Crippen LogP contribution in [-0.4, -0.2) is 6.04 Å². The largest absolute Gasteiger partial charge is 0.397 e. The maximum atomic E-state index is 13.0. The lowest BCUT2D eigenvalue weighted by Crippen LogP contribution is -2.23. The highest BCUT2D eigenvalue weighted by atomic mass is 19.1. The Morgan fingerprint density at radius 3 is 2.67 bits per heavy atom. The second-order valence-corrected chi connectivity index (χ2v) is 4.05. The minimum absolute atomic E-state index is 0.261. The molecule has 15 heavy (non-hydrogen) atoms. The van der Waals surface area contributed by atoms with E-state index in [1.165, 1.54) is 12.1 Å². The Kier molecular flexibility index (Phi) is 3.95. The molecule has 0 aliphatic heterocycles. The Morgan fingerprint density at radius 1 is 1.40 bits per heavy atom. The molecule has 0 amide bonds. The molecule has 0 aromatic heterocycles. The maximum absolute atomic E-state index is 13.0. The monoisotopic (exact) mass is 210 g/mol. The van der Waals surface area contributed by atoms with E-state index in [9.17, 15) is 4.39 Å². The standard InChI is InChI=1S/C12H19FN2/c1-4-8(2)9(3)15-12-7-10(13)5-6-11(12)14/h5-9,15H,4,14H2,1-3H3. The zero-order chi connectivity index (χ0) is 11.4. The van der Waals surface area contributed by atoms with Gasteiger partial charge in [0.15, 0.2) is 0 Å². The van der Waals surface area contributed by atoms with E-state index >= 15 is 0 Å². The van der Waals surface area contributed by atoms with Gasteiger partial charge in [0.25, 0.3) is 0 Å². The van der Waals surface area contributed by atoms with Gasteiger partial charge >= 0.3 is 0 Å². The van der Waals surface area contributed by atoms with E-state index in [2.05, 4.69) is 26.1 Å². The summed E-state index contributed by atoms with van der Waals surface area (Å²) in [5.74, 6) is 0.274. The Morgan fingerprint density at radius 2 is 2.07 bits per heavy atom. The molecule has 1 rings (SSSR count). The molecule has 0 bridgehead atoms. The number of anilines is 2. The summed E-state index contributed by atoms with van der Waals surface area (Å²) in [6.07, 6.45) is 1.09. The normalized spacial score (nSPS) is 14.7. The van der Waals surface area contributed by atoms with Crippen molar-refractivity contribution in [3.63, 3.8) is 0 Å².